The van der Waals surface area contributed by atoms with Gasteiger partial charge in [-0.1, -0.05) is 18.2 Å². The zero-order valence-corrected chi connectivity index (χ0v) is 14.7. The van der Waals surface area contributed by atoms with Crippen LogP contribution < -0.4 is 4.74 Å². The first kappa shape index (κ1) is 16.6. The Balaban J connectivity index is 1.61. The Morgan fingerprint density at radius 2 is 2.00 bits per heavy atom. The summed E-state index contributed by atoms with van der Waals surface area (Å²) in [6.45, 7) is 2.93. The molecule has 1 aliphatic rings. The average Bonchev–Trinajstić information content (AvgIpc) is 3.19. The second kappa shape index (κ2) is 6.69. The third kappa shape index (κ3) is 3.31. The number of aromatic amines is 1. The summed E-state index contributed by atoms with van der Waals surface area (Å²) < 4.78 is 6.09. The lowest BCUT2D eigenvalue weighted by atomic mass is 10.0. The van der Waals surface area contributed by atoms with Crippen molar-refractivity contribution in [2.75, 3.05) is 21.1 Å². The minimum atomic E-state index is -0.00785. The summed E-state index contributed by atoms with van der Waals surface area (Å²) in [4.78, 5) is 19.0. The van der Waals surface area contributed by atoms with Crippen LogP contribution in [0, 0.1) is 0 Å². The molecule has 2 atom stereocenters. The molecule has 5 heteroatoms. The summed E-state index contributed by atoms with van der Waals surface area (Å²) in [5, 5.41) is 0. The van der Waals surface area contributed by atoms with Gasteiger partial charge in [0.1, 0.15) is 17.5 Å². The van der Waals surface area contributed by atoms with Gasteiger partial charge in [0, 0.05) is 38.8 Å². The maximum absolute atomic E-state index is 12.0. The molecule has 1 aliphatic heterocycles. The molecule has 1 amide bonds. The normalized spacial score (nSPS) is 17.5. The van der Waals surface area contributed by atoms with Crippen LogP contribution in [0.15, 0.2) is 36.4 Å². The Labute approximate surface area is 143 Å². The van der Waals surface area contributed by atoms with Gasteiger partial charge in [0.2, 0.25) is 0 Å². The lowest BCUT2D eigenvalue weighted by Gasteiger charge is -2.28. The molecule has 2 aromatic rings. The van der Waals surface area contributed by atoms with Crippen LogP contribution in [0.3, 0.4) is 0 Å². The Hall–Kier alpha value is -2.27. The predicted octanol–water partition coefficient (Wildman–Crippen LogP) is 2.54. The number of benzene rings is 1. The quantitative estimate of drug-likeness (QED) is 0.918. The molecular weight excluding hydrogens is 302 g/mol. The minimum absolute atomic E-state index is 0.00785. The first-order valence-electron chi connectivity index (χ1n) is 8.30. The van der Waals surface area contributed by atoms with Gasteiger partial charge in [0.05, 0.1) is 0 Å². The van der Waals surface area contributed by atoms with Gasteiger partial charge in [-0.2, -0.15) is 0 Å². The number of likely N-dealkylation sites (N-methyl/N-ethyl adjacent to an activating group) is 1. The van der Waals surface area contributed by atoms with Gasteiger partial charge in [-0.3, -0.25) is 9.69 Å². The van der Waals surface area contributed by atoms with Crippen molar-refractivity contribution >= 4 is 5.91 Å². The number of carbonyl (C=O) groups is 1. The molecule has 24 heavy (non-hydrogen) atoms. The Bertz CT molecular complexity index is 698. The van der Waals surface area contributed by atoms with E-state index in [4.69, 9.17) is 4.74 Å². The lowest BCUT2D eigenvalue weighted by molar-refractivity contribution is 0.0821. The number of hydrogen-bond acceptors (Lipinski definition) is 3. The fraction of sp³-hybridized carbons (Fsp3) is 0.421. The van der Waals surface area contributed by atoms with Crippen molar-refractivity contribution in [3.63, 3.8) is 0 Å². The molecule has 0 radical (unpaired) electrons. The number of nitrogens with zero attached hydrogens (tertiary/aromatic N) is 2. The summed E-state index contributed by atoms with van der Waals surface area (Å²) in [5.74, 6) is 0.994. The van der Waals surface area contributed by atoms with E-state index in [1.807, 2.05) is 24.3 Å². The van der Waals surface area contributed by atoms with Gasteiger partial charge in [-0.15, -0.1) is 0 Å². The summed E-state index contributed by atoms with van der Waals surface area (Å²) in [5.41, 5.74) is 2.94. The van der Waals surface area contributed by atoms with Crippen molar-refractivity contribution in [3.05, 3.63) is 53.3 Å². The topological polar surface area (TPSA) is 48.6 Å². The number of rotatable bonds is 5. The molecule has 0 spiro atoms. The molecule has 1 aromatic heterocycles. The second-order valence-corrected chi connectivity index (χ2v) is 6.72. The molecule has 1 N–H and O–H groups in total. The summed E-state index contributed by atoms with van der Waals surface area (Å²) in [6.07, 6.45) is 1.10. The Kier molecular flexibility index (Phi) is 4.62. The second-order valence-electron chi connectivity index (χ2n) is 6.72. The van der Waals surface area contributed by atoms with Crippen LogP contribution >= 0.6 is 0 Å². The molecule has 128 valence electrons. The molecule has 2 heterocycles. The standard InChI is InChI=1S/C19H25N3O2/c1-13(18-11-14-7-5-6-8-17(14)24-18)22(4)12-15-9-10-16(20-15)19(23)21(2)3/h5-10,13,18,20H,11-12H2,1-4H3. The first-order valence-corrected chi connectivity index (χ1v) is 8.30. The van der Waals surface area contributed by atoms with Crippen molar-refractivity contribution in [1.29, 1.82) is 0 Å². The monoisotopic (exact) mass is 327 g/mol. The number of aromatic nitrogens is 1. The van der Waals surface area contributed by atoms with Gasteiger partial charge in [0.25, 0.3) is 5.91 Å². The van der Waals surface area contributed by atoms with E-state index < -0.39 is 0 Å². The van der Waals surface area contributed by atoms with Gasteiger partial charge in [-0.05, 0) is 37.7 Å². The van der Waals surface area contributed by atoms with Gasteiger partial charge in [0.15, 0.2) is 0 Å². The number of ether oxygens (including phenoxy) is 1. The van der Waals surface area contributed by atoms with Crippen molar-refractivity contribution in [2.45, 2.75) is 32.0 Å². The smallest absolute Gasteiger partial charge is 0.269 e. The molecule has 0 aliphatic carbocycles. The fourth-order valence-electron chi connectivity index (χ4n) is 3.07. The maximum Gasteiger partial charge on any atom is 0.269 e. The molecule has 0 saturated carbocycles. The van der Waals surface area contributed by atoms with E-state index in [-0.39, 0.29) is 18.1 Å². The SMILES string of the molecule is CC(C1Cc2ccccc2O1)N(C)Cc1ccc(C(=O)N(C)C)[nH]1. The Morgan fingerprint density at radius 3 is 2.71 bits per heavy atom. The highest BCUT2D eigenvalue weighted by atomic mass is 16.5. The molecular formula is C19H25N3O2. The highest BCUT2D eigenvalue weighted by Gasteiger charge is 2.29. The highest BCUT2D eigenvalue weighted by Crippen LogP contribution is 2.30. The van der Waals surface area contributed by atoms with Crippen LogP contribution in [0.5, 0.6) is 5.75 Å². The van der Waals surface area contributed by atoms with Gasteiger partial charge >= 0.3 is 0 Å². The summed E-state index contributed by atoms with van der Waals surface area (Å²) >= 11 is 0. The minimum Gasteiger partial charge on any atom is -0.488 e. The summed E-state index contributed by atoms with van der Waals surface area (Å²) in [6, 6.07) is 12.3. The largest absolute Gasteiger partial charge is 0.488 e. The number of nitrogens with one attached hydrogen (secondary N) is 1. The van der Waals surface area contributed by atoms with Crippen LogP contribution in [0.1, 0.15) is 28.7 Å². The van der Waals surface area contributed by atoms with Gasteiger partial charge in [-0.25, -0.2) is 0 Å². The van der Waals surface area contributed by atoms with Gasteiger partial charge < -0.3 is 14.6 Å². The van der Waals surface area contributed by atoms with Crippen molar-refractivity contribution in [3.8, 4) is 5.75 Å². The molecule has 5 nitrogen and oxygen atoms in total. The molecule has 0 saturated heterocycles. The number of fused-ring (bicyclic) bond motifs is 1. The van der Waals surface area contributed by atoms with Crippen LogP contribution in [0.2, 0.25) is 0 Å². The zero-order chi connectivity index (χ0) is 17.3. The first-order chi connectivity index (χ1) is 11.5. The average molecular weight is 327 g/mol. The van der Waals surface area contributed by atoms with Crippen molar-refractivity contribution < 1.29 is 9.53 Å². The number of carbonyl (C=O) groups excluding carboxylic acids is 1. The van der Waals surface area contributed by atoms with Crippen LogP contribution in [0.4, 0.5) is 0 Å². The summed E-state index contributed by atoms with van der Waals surface area (Å²) in [7, 11) is 5.60. The highest BCUT2D eigenvalue weighted by molar-refractivity contribution is 5.92. The van der Waals surface area contributed by atoms with E-state index >= 15 is 0 Å². The third-order valence-corrected chi connectivity index (χ3v) is 4.71. The Morgan fingerprint density at radius 1 is 1.25 bits per heavy atom. The van der Waals surface area contributed by atoms with Crippen molar-refractivity contribution in [1.82, 2.24) is 14.8 Å². The maximum atomic E-state index is 12.0. The van der Waals surface area contributed by atoms with E-state index in [1.54, 1.807) is 19.0 Å². The number of hydrogen-bond donors (Lipinski definition) is 1. The van der Waals surface area contributed by atoms with E-state index in [0.717, 1.165) is 24.4 Å². The van der Waals surface area contributed by atoms with E-state index in [9.17, 15) is 4.79 Å². The van der Waals surface area contributed by atoms with Crippen LogP contribution in [0.25, 0.3) is 0 Å². The number of H-pyrrole nitrogens is 1. The molecule has 1 aromatic carbocycles. The molecule has 3 rings (SSSR count). The van der Waals surface area contributed by atoms with E-state index in [0.29, 0.717) is 5.69 Å². The molecule has 2 unspecified atom stereocenters. The van der Waals surface area contributed by atoms with Crippen molar-refractivity contribution in [2.24, 2.45) is 0 Å². The fourth-order valence-corrected chi connectivity index (χ4v) is 3.07. The van der Waals surface area contributed by atoms with Crippen LogP contribution in [-0.2, 0) is 13.0 Å². The third-order valence-electron chi connectivity index (χ3n) is 4.71. The van der Waals surface area contributed by atoms with E-state index in [2.05, 4.69) is 36.0 Å². The number of para-hydroxylation sites is 1. The molecule has 0 bridgehead atoms. The predicted molar refractivity (Wildman–Crippen MR) is 94.3 cm³/mol. The van der Waals surface area contributed by atoms with Crippen LogP contribution in [-0.4, -0.2) is 54.0 Å². The zero-order valence-electron chi connectivity index (χ0n) is 14.7. The van der Waals surface area contributed by atoms with E-state index in [1.165, 1.54) is 5.56 Å². The number of amides is 1. The lowest BCUT2D eigenvalue weighted by Crippen LogP contribution is -2.41. The molecule has 0 fully saturated rings.